The Morgan fingerprint density at radius 1 is 1.32 bits per heavy atom. The molecule has 0 radical (unpaired) electrons. The molecule has 1 saturated heterocycles. The molecule has 140 valence electrons. The van der Waals surface area contributed by atoms with Crippen molar-refractivity contribution >= 4 is 5.96 Å². The lowest BCUT2D eigenvalue weighted by molar-refractivity contribution is 0.0283. The van der Waals surface area contributed by atoms with Crippen LogP contribution in [0.25, 0.3) is 0 Å². The molecule has 5 heteroatoms. The minimum absolute atomic E-state index is 0.0991. The fraction of sp³-hybridized carbons (Fsp3) is 0.650. The average molecular weight is 347 g/mol. The number of likely N-dealkylation sites (N-methyl/N-ethyl adjacent to an activating group) is 1. The van der Waals surface area contributed by atoms with Crippen molar-refractivity contribution in [3.8, 4) is 0 Å². The number of nitrogens with one attached hydrogen (secondary N) is 2. The van der Waals surface area contributed by atoms with E-state index in [2.05, 4.69) is 73.7 Å². The summed E-state index contributed by atoms with van der Waals surface area (Å²) in [5.74, 6) is 0.874. The van der Waals surface area contributed by atoms with Gasteiger partial charge < -0.3 is 15.4 Å². The Morgan fingerprint density at radius 2 is 2.08 bits per heavy atom. The van der Waals surface area contributed by atoms with Crippen LogP contribution in [0.15, 0.2) is 35.3 Å². The molecule has 1 aromatic carbocycles. The van der Waals surface area contributed by atoms with Crippen LogP contribution < -0.4 is 10.6 Å². The molecule has 2 unspecified atom stereocenters. The summed E-state index contributed by atoms with van der Waals surface area (Å²) in [6.07, 6.45) is 2.23. The van der Waals surface area contributed by atoms with E-state index in [0.717, 1.165) is 45.0 Å². The second-order valence-electron chi connectivity index (χ2n) is 7.23. The van der Waals surface area contributed by atoms with E-state index < -0.39 is 0 Å². The number of guanidine groups is 1. The molecule has 1 aliphatic rings. The van der Waals surface area contributed by atoms with Gasteiger partial charge in [-0.15, -0.1) is 0 Å². The molecule has 25 heavy (non-hydrogen) atoms. The standard InChI is InChI=1S/C20H34N4O/c1-5-21-19(23-16-20(3)12-9-13-25-20)22-14-17(2)24(4)15-18-10-7-6-8-11-18/h6-8,10-11,17H,5,9,12-16H2,1-4H3,(H2,21,22,23). The van der Waals surface area contributed by atoms with E-state index in [9.17, 15) is 0 Å². The first kappa shape index (κ1) is 19.7. The van der Waals surface area contributed by atoms with E-state index in [1.807, 2.05) is 0 Å². The third-order valence-electron chi connectivity index (χ3n) is 4.81. The number of benzene rings is 1. The van der Waals surface area contributed by atoms with Gasteiger partial charge in [0.2, 0.25) is 0 Å². The molecule has 5 nitrogen and oxygen atoms in total. The second kappa shape index (κ2) is 9.78. The Bertz CT molecular complexity index is 526. The number of hydrogen-bond donors (Lipinski definition) is 2. The molecular formula is C20H34N4O. The molecule has 2 atom stereocenters. The fourth-order valence-corrected chi connectivity index (χ4v) is 2.98. The van der Waals surface area contributed by atoms with Gasteiger partial charge in [-0.2, -0.15) is 0 Å². The smallest absolute Gasteiger partial charge is 0.191 e. The largest absolute Gasteiger partial charge is 0.373 e. The van der Waals surface area contributed by atoms with Crippen LogP contribution in [0.1, 0.15) is 39.2 Å². The van der Waals surface area contributed by atoms with Crippen molar-refractivity contribution in [1.82, 2.24) is 15.5 Å². The molecule has 2 N–H and O–H groups in total. The summed E-state index contributed by atoms with van der Waals surface area (Å²) < 4.78 is 5.83. The van der Waals surface area contributed by atoms with Crippen LogP contribution in [0.3, 0.4) is 0 Å². The van der Waals surface area contributed by atoms with Crippen molar-refractivity contribution in [2.24, 2.45) is 4.99 Å². The van der Waals surface area contributed by atoms with E-state index in [4.69, 9.17) is 9.73 Å². The van der Waals surface area contributed by atoms with Gasteiger partial charge in [0.15, 0.2) is 5.96 Å². The van der Waals surface area contributed by atoms with Crippen LogP contribution in [-0.4, -0.2) is 55.8 Å². The molecule has 0 aromatic heterocycles. The first-order valence-corrected chi connectivity index (χ1v) is 9.43. The minimum Gasteiger partial charge on any atom is -0.373 e. The molecule has 0 spiro atoms. The topological polar surface area (TPSA) is 48.9 Å². The average Bonchev–Trinajstić information content (AvgIpc) is 3.05. The zero-order valence-corrected chi connectivity index (χ0v) is 16.2. The zero-order valence-electron chi connectivity index (χ0n) is 16.2. The Labute approximate surface area is 152 Å². The highest BCUT2D eigenvalue weighted by Gasteiger charge is 2.29. The predicted molar refractivity (Wildman–Crippen MR) is 105 cm³/mol. The van der Waals surface area contributed by atoms with Crippen molar-refractivity contribution in [3.05, 3.63) is 35.9 Å². The van der Waals surface area contributed by atoms with Crippen molar-refractivity contribution in [1.29, 1.82) is 0 Å². The van der Waals surface area contributed by atoms with Gasteiger partial charge in [0.25, 0.3) is 0 Å². The maximum Gasteiger partial charge on any atom is 0.191 e. The first-order chi connectivity index (χ1) is 12.0. The van der Waals surface area contributed by atoms with E-state index >= 15 is 0 Å². The number of rotatable bonds is 8. The molecule has 0 saturated carbocycles. The van der Waals surface area contributed by atoms with Crippen molar-refractivity contribution in [3.63, 3.8) is 0 Å². The third kappa shape index (κ3) is 6.67. The Kier molecular flexibility index (Phi) is 7.72. The lowest BCUT2D eigenvalue weighted by Crippen LogP contribution is -2.45. The lowest BCUT2D eigenvalue weighted by atomic mass is 10.0. The minimum atomic E-state index is -0.0991. The van der Waals surface area contributed by atoms with Crippen LogP contribution in [0.2, 0.25) is 0 Å². The quantitative estimate of drug-likeness (QED) is 0.561. The van der Waals surface area contributed by atoms with Crippen molar-refractivity contribution in [2.75, 3.05) is 33.3 Å². The molecule has 0 amide bonds. The van der Waals surface area contributed by atoms with Gasteiger partial charge in [-0.1, -0.05) is 30.3 Å². The maximum absolute atomic E-state index is 5.83. The van der Waals surface area contributed by atoms with Gasteiger partial charge in [-0.3, -0.25) is 9.89 Å². The second-order valence-corrected chi connectivity index (χ2v) is 7.23. The molecule has 0 bridgehead atoms. The summed E-state index contributed by atoms with van der Waals surface area (Å²) in [6.45, 7) is 10.7. The maximum atomic E-state index is 5.83. The SMILES string of the molecule is CCNC(=NCC1(C)CCCO1)NCC(C)N(C)Cc1ccccc1. The Hall–Kier alpha value is -1.59. The van der Waals surface area contributed by atoms with Crippen LogP contribution in [-0.2, 0) is 11.3 Å². The number of nitrogens with zero attached hydrogens (tertiary/aromatic N) is 2. The highest BCUT2D eigenvalue weighted by molar-refractivity contribution is 5.79. The number of ether oxygens (including phenoxy) is 1. The third-order valence-corrected chi connectivity index (χ3v) is 4.81. The van der Waals surface area contributed by atoms with Crippen LogP contribution >= 0.6 is 0 Å². The molecule has 1 aromatic rings. The summed E-state index contributed by atoms with van der Waals surface area (Å²) in [5.41, 5.74) is 1.24. The summed E-state index contributed by atoms with van der Waals surface area (Å²) in [4.78, 5) is 7.09. The molecule has 1 aliphatic heterocycles. The molecule has 1 heterocycles. The van der Waals surface area contributed by atoms with Crippen molar-refractivity contribution in [2.45, 2.75) is 51.8 Å². The molecular weight excluding hydrogens is 312 g/mol. The summed E-state index contributed by atoms with van der Waals surface area (Å²) in [6, 6.07) is 11.0. The van der Waals surface area contributed by atoms with Crippen LogP contribution in [0.5, 0.6) is 0 Å². The van der Waals surface area contributed by atoms with Gasteiger partial charge in [0.1, 0.15) is 0 Å². The lowest BCUT2D eigenvalue weighted by Gasteiger charge is -2.26. The zero-order chi connectivity index (χ0) is 18.1. The highest BCUT2D eigenvalue weighted by Crippen LogP contribution is 2.24. The van der Waals surface area contributed by atoms with E-state index in [-0.39, 0.29) is 5.60 Å². The van der Waals surface area contributed by atoms with E-state index in [1.54, 1.807) is 0 Å². The van der Waals surface area contributed by atoms with Gasteiger partial charge >= 0.3 is 0 Å². The van der Waals surface area contributed by atoms with E-state index in [0.29, 0.717) is 12.6 Å². The number of hydrogen-bond acceptors (Lipinski definition) is 3. The summed E-state index contributed by atoms with van der Waals surface area (Å²) in [5, 5.41) is 6.80. The summed E-state index contributed by atoms with van der Waals surface area (Å²) in [7, 11) is 2.16. The monoisotopic (exact) mass is 346 g/mol. The van der Waals surface area contributed by atoms with Crippen molar-refractivity contribution < 1.29 is 4.74 Å². The Balaban J connectivity index is 1.82. The van der Waals surface area contributed by atoms with E-state index in [1.165, 1.54) is 5.56 Å². The molecule has 1 fully saturated rings. The van der Waals surface area contributed by atoms with Gasteiger partial charge in [0.05, 0.1) is 12.1 Å². The number of aliphatic imine (C=N–C) groups is 1. The van der Waals surface area contributed by atoms with Gasteiger partial charge in [-0.25, -0.2) is 0 Å². The first-order valence-electron chi connectivity index (χ1n) is 9.43. The van der Waals surface area contributed by atoms with Crippen LogP contribution in [0, 0.1) is 0 Å². The van der Waals surface area contributed by atoms with Crippen LogP contribution in [0.4, 0.5) is 0 Å². The summed E-state index contributed by atoms with van der Waals surface area (Å²) >= 11 is 0. The fourth-order valence-electron chi connectivity index (χ4n) is 2.98. The predicted octanol–water partition coefficient (Wildman–Crippen LogP) is 2.63. The molecule has 2 rings (SSSR count). The highest BCUT2D eigenvalue weighted by atomic mass is 16.5. The van der Waals surface area contributed by atoms with Gasteiger partial charge in [0, 0.05) is 32.3 Å². The van der Waals surface area contributed by atoms with Gasteiger partial charge in [-0.05, 0) is 46.2 Å². The Morgan fingerprint density at radius 3 is 2.72 bits per heavy atom. The molecule has 0 aliphatic carbocycles. The normalized spacial score (nSPS) is 22.2.